The molecule has 0 amide bonds. The fourth-order valence-electron chi connectivity index (χ4n) is 4.75. The second-order valence-electron chi connectivity index (χ2n) is 9.47. The number of thiophene rings is 1. The van der Waals surface area contributed by atoms with Crippen LogP contribution in [-0.4, -0.2) is 56.4 Å². The second-order valence-corrected chi connectivity index (χ2v) is 12.7. The minimum Gasteiger partial charge on any atom is -0.369 e. The van der Waals surface area contributed by atoms with Crippen molar-refractivity contribution in [1.82, 2.24) is 20.6 Å². The van der Waals surface area contributed by atoms with Crippen molar-refractivity contribution < 1.29 is 21.6 Å². The first-order chi connectivity index (χ1) is 18.0. The maximum Gasteiger partial charge on any atom is 0.420 e. The molecule has 2 aliphatic heterocycles. The minimum atomic E-state index is -4.71. The predicted molar refractivity (Wildman–Crippen MR) is 143 cm³/mol. The summed E-state index contributed by atoms with van der Waals surface area (Å²) < 4.78 is 67.1. The van der Waals surface area contributed by atoms with Gasteiger partial charge in [-0.3, -0.25) is 0 Å². The quantitative estimate of drug-likeness (QED) is 0.423. The third-order valence-electron chi connectivity index (χ3n) is 6.72. The zero-order valence-electron chi connectivity index (χ0n) is 21.0. The van der Waals surface area contributed by atoms with Crippen LogP contribution in [0.4, 0.5) is 30.5 Å². The molecular weight excluding hydrogens is 537 g/mol. The molecule has 4 heterocycles. The molecule has 2 aliphatic rings. The number of nitrogens with zero attached hydrogens (tertiary/aromatic N) is 3. The highest BCUT2D eigenvalue weighted by Crippen LogP contribution is 2.41. The SMILES string of the molecule is CCc1cc(N2CCN[C@H](C)C2)ccc1Nc1ncc(C(F)(F)F)c(-c2cc3c(s2)CNCCS3(=O)=O)n1. The summed E-state index contributed by atoms with van der Waals surface area (Å²) in [7, 11) is -3.60. The molecule has 0 bridgehead atoms. The number of fused-ring (bicyclic) bond motifs is 1. The van der Waals surface area contributed by atoms with Gasteiger partial charge in [0.25, 0.3) is 0 Å². The molecule has 0 aliphatic carbocycles. The molecule has 1 saturated heterocycles. The van der Waals surface area contributed by atoms with E-state index in [1.54, 1.807) is 0 Å². The molecular formula is C25H29F3N6O2S2. The average molecular weight is 567 g/mol. The zero-order chi connectivity index (χ0) is 27.1. The van der Waals surface area contributed by atoms with Crippen LogP contribution >= 0.6 is 11.3 Å². The first-order valence-electron chi connectivity index (χ1n) is 12.4. The van der Waals surface area contributed by atoms with Crippen LogP contribution in [0.15, 0.2) is 35.4 Å². The average Bonchev–Trinajstić information content (AvgIpc) is 3.26. The Balaban J connectivity index is 1.50. The van der Waals surface area contributed by atoms with Crippen molar-refractivity contribution in [2.75, 3.05) is 42.1 Å². The Morgan fingerprint density at radius 1 is 1.24 bits per heavy atom. The zero-order valence-corrected chi connectivity index (χ0v) is 22.7. The summed E-state index contributed by atoms with van der Waals surface area (Å²) in [5.74, 6) is -0.0996. The van der Waals surface area contributed by atoms with Gasteiger partial charge in [0, 0.05) is 61.2 Å². The lowest BCUT2D eigenvalue weighted by Crippen LogP contribution is -2.49. The molecule has 13 heteroatoms. The van der Waals surface area contributed by atoms with E-state index in [0.29, 0.717) is 29.6 Å². The Bertz CT molecular complexity index is 1440. The summed E-state index contributed by atoms with van der Waals surface area (Å²) >= 11 is 1.00. The molecule has 3 aromatic rings. The van der Waals surface area contributed by atoms with Gasteiger partial charge in [0.15, 0.2) is 9.84 Å². The summed E-state index contributed by atoms with van der Waals surface area (Å²) in [5, 5.41) is 9.53. The Labute approximate surface area is 223 Å². The molecule has 5 rings (SSSR count). The Morgan fingerprint density at radius 2 is 2.05 bits per heavy atom. The summed E-state index contributed by atoms with van der Waals surface area (Å²) in [6.07, 6.45) is -3.25. The molecule has 3 N–H and O–H groups in total. The van der Waals surface area contributed by atoms with E-state index in [1.165, 1.54) is 6.07 Å². The molecule has 0 spiro atoms. The van der Waals surface area contributed by atoms with Crippen LogP contribution in [0.1, 0.15) is 29.9 Å². The van der Waals surface area contributed by atoms with Gasteiger partial charge in [-0.05, 0) is 43.2 Å². The van der Waals surface area contributed by atoms with E-state index in [0.717, 1.165) is 48.4 Å². The Morgan fingerprint density at radius 3 is 2.79 bits per heavy atom. The van der Waals surface area contributed by atoms with Crippen LogP contribution < -0.4 is 20.9 Å². The highest BCUT2D eigenvalue weighted by atomic mass is 32.2. The highest BCUT2D eigenvalue weighted by molar-refractivity contribution is 7.91. The monoisotopic (exact) mass is 566 g/mol. The van der Waals surface area contributed by atoms with E-state index in [2.05, 4.69) is 43.8 Å². The van der Waals surface area contributed by atoms with Gasteiger partial charge in [-0.15, -0.1) is 11.3 Å². The number of sulfone groups is 1. The van der Waals surface area contributed by atoms with Gasteiger partial charge in [-0.25, -0.2) is 18.4 Å². The minimum absolute atomic E-state index is 0.0100. The number of rotatable bonds is 5. The molecule has 1 atom stereocenters. The number of hydrogen-bond acceptors (Lipinski definition) is 9. The van der Waals surface area contributed by atoms with Gasteiger partial charge in [-0.1, -0.05) is 6.92 Å². The first-order valence-corrected chi connectivity index (χ1v) is 14.9. The molecule has 204 valence electrons. The Hall–Kier alpha value is -2.74. The van der Waals surface area contributed by atoms with Crippen LogP contribution in [0.5, 0.6) is 0 Å². The van der Waals surface area contributed by atoms with Gasteiger partial charge in [0.05, 0.1) is 21.2 Å². The van der Waals surface area contributed by atoms with Gasteiger partial charge in [0.2, 0.25) is 5.95 Å². The maximum atomic E-state index is 13.9. The Kier molecular flexibility index (Phi) is 7.37. The van der Waals surface area contributed by atoms with Crippen LogP contribution in [0.3, 0.4) is 0 Å². The second kappa shape index (κ2) is 10.4. The van der Waals surface area contributed by atoms with Crippen LogP contribution in [-0.2, 0) is 29.0 Å². The first kappa shape index (κ1) is 26.9. The van der Waals surface area contributed by atoms with Crippen LogP contribution in [0.25, 0.3) is 10.6 Å². The van der Waals surface area contributed by atoms with E-state index in [9.17, 15) is 21.6 Å². The molecule has 2 aromatic heterocycles. The van der Waals surface area contributed by atoms with Gasteiger partial charge in [-0.2, -0.15) is 13.2 Å². The molecule has 8 nitrogen and oxygen atoms in total. The van der Waals surface area contributed by atoms with Gasteiger partial charge >= 0.3 is 6.18 Å². The maximum absolute atomic E-state index is 13.9. The van der Waals surface area contributed by atoms with Crippen molar-refractivity contribution in [3.8, 4) is 10.6 Å². The number of alkyl halides is 3. The number of hydrogen-bond donors (Lipinski definition) is 3. The van der Waals surface area contributed by atoms with E-state index in [-0.39, 0.29) is 33.7 Å². The topological polar surface area (TPSA) is 99.2 Å². The lowest BCUT2D eigenvalue weighted by atomic mass is 10.1. The van der Waals surface area contributed by atoms with Crippen molar-refractivity contribution in [2.24, 2.45) is 0 Å². The third kappa shape index (κ3) is 5.51. The lowest BCUT2D eigenvalue weighted by Gasteiger charge is -2.34. The smallest absolute Gasteiger partial charge is 0.369 e. The molecule has 38 heavy (non-hydrogen) atoms. The fourth-order valence-corrected chi connectivity index (χ4v) is 7.71. The lowest BCUT2D eigenvalue weighted by molar-refractivity contribution is -0.137. The van der Waals surface area contributed by atoms with Crippen molar-refractivity contribution in [3.05, 3.63) is 46.5 Å². The number of halogens is 3. The molecule has 1 aromatic carbocycles. The standard InChI is InChI=1S/C25H29F3N6O2S2/c1-3-16-10-17(34-8-6-30-15(2)14-34)4-5-19(16)32-24-31-12-18(25(26,27)28)23(33-24)20-11-22-21(37-20)13-29-7-9-38(22,35)36/h4-5,10-12,15,29-30H,3,6-9,13-14H2,1-2H3,(H,31,32,33)/t15-/m1/s1. The molecule has 0 saturated carbocycles. The van der Waals surface area contributed by atoms with Crippen molar-refractivity contribution in [2.45, 2.75) is 43.9 Å². The van der Waals surface area contributed by atoms with E-state index in [4.69, 9.17) is 0 Å². The summed E-state index contributed by atoms with van der Waals surface area (Å²) in [6.45, 7) is 7.39. The number of aryl methyl sites for hydroxylation is 1. The highest BCUT2D eigenvalue weighted by Gasteiger charge is 2.37. The molecule has 1 fully saturated rings. The van der Waals surface area contributed by atoms with E-state index in [1.807, 2.05) is 19.1 Å². The van der Waals surface area contributed by atoms with Gasteiger partial charge < -0.3 is 20.9 Å². The van der Waals surface area contributed by atoms with Gasteiger partial charge in [0.1, 0.15) is 5.56 Å². The largest absolute Gasteiger partial charge is 0.420 e. The summed E-state index contributed by atoms with van der Waals surface area (Å²) in [5.41, 5.74) is 1.43. The van der Waals surface area contributed by atoms with Crippen LogP contribution in [0, 0.1) is 0 Å². The predicted octanol–water partition coefficient (Wildman–Crippen LogP) is 4.20. The number of nitrogens with one attached hydrogen (secondary N) is 3. The van der Waals surface area contributed by atoms with Crippen LogP contribution in [0.2, 0.25) is 0 Å². The van der Waals surface area contributed by atoms with Crippen molar-refractivity contribution >= 4 is 38.5 Å². The molecule has 0 radical (unpaired) electrons. The fraction of sp³-hybridized carbons (Fsp3) is 0.440. The normalized spacial score (nSPS) is 19.6. The summed E-state index contributed by atoms with van der Waals surface area (Å²) in [4.78, 5) is 11.2. The van der Waals surface area contributed by atoms with E-state index >= 15 is 0 Å². The third-order valence-corrected chi connectivity index (χ3v) is 9.76. The molecule has 0 unspecified atom stereocenters. The number of benzene rings is 1. The number of anilines is 3. The van der Waals surface area contributed by atoms with Crippen molar-refractivity contribution in [3.63, 3.8) is 0 Å². The summed E-state index contributed by atoms with van der Waals surface area (Å²) in [6, 6.07) is 7.65. The van der Waals surface area contributed by atoms with E-state index < -0.39 is 21.6 Å². The number of piperazine rings is 1. The van der Waals surface area contributed by atoms with Crippen molar-refractivity contribution in [1.29, 1.82) is 0 Å². The number of aromatic nitrogens is 2.